The lowest BCUT2D eigenvalue weighted by molar-refractivity contribution is -0.131. The van der Waals surface area contributed by atoms with Gasteiger partial charge < -0.3 is 15.1 Å². The van der Waals surface area contributed by atoms with Gasteiger partial charge in [0.2, 0.25) is 5.91 Å². The van der Waals surface area contributed by atoms with Crippen LogP contribution in [0.1, 0.15) is 13.3 Å². The van der Waals surface area contributed by atoms with E-state index in [9.17, 15) is 4.79 Å². The molecular weight excluding hydrogens is 228 g/mol. The van der Waals surface area contributed by atoms with Gasteiger partial charge in [0.05, 0.1) is 0 Å². The Hall–Kier alpha value is -0.650. The van der Waals surface area contributed by atoms with Gasteiger partial charge in [0.1, 0.15) is 0 Å². The van der Waals surface area contributed by atoms with Gasteiger partial charge in [-0.15, -0.1) is 0 Å². The molecule has 2 saturated heterocycles. The van der Waals surface area contributed by atoms with E-state index in [-0.39, 0.29) is 5.91 Å². The Morgan fingerprint density at radius 1 is 1.22 bits per heavy atom. The molecule has 1 unspecified atom stereocenters. The van der Waals surface area contributed by atoms with Crippen LogP contribution >= 0.6 is 0 Å². The molecule has 0 spiro atoms. The van der Waals surface area contributed by atoms with Crippen LogP contribution in [0, 0.1) is 0 Å². The second-order valence-corrected chi connectivity index (χ2v) is 5.48. The molecule has 2 aliphatic rings. The third-order valence-electron chi connectivity index (χ3n) is 4.21. The minimum Gasteiger partial charge on any atom is -0.340 e. The van der Waals surface area contributed by atoms with E-state index in [2.05, 4.69) is 22.2 Å². The number of hydrogen-bond donors (Lipinski definition) is 1. The first kappa shape index (κ1) is 13.8. The number of piperazine rings is 2. The van der Waals surface area contributed by atoms with Crippen molar-refractivity contribution >= 4 is 5.91 Å². The highest BCUT2D eigenvalue weighted by atomic mass is 16.2. The van der Waals surface area contributed by atoms with E-state index in [0.717, 1.165) is 52.4 Å². The number of carbonyl (C=O) groups is 1. The fraction of sp³-hybridized carbons (Fsp3) is 0.923. The van der Waals surface area contributed by atoms with Crippen LogP contribution in [0.3, 0.4) is 0 Å². The molecule has 18 heavy (non-hydrogen) atoms. The molecule has 0 aromatic heterocycles. The second kappa shape index (κ2) is 6.50. The van der Waals surface area contributed by atoms with Gasteiger partial charge in [0, 0.05) is 58.8 Å². The van der Waals surface area contributed by atoms with Crippen molar-refractivity contribution < 1.29 is 4.79 Å². The predicted molar refractivity (Wildman–Crippen MR) is 72.6 cm³/mol. The van der Waals surface area contributed by atoms with E-state index in [1.165, 1.54) is 6.42 Å². The quantitative estimate of drug-likeness (QED) is 0.733. The normalized spacial score (nSPS) is 27.4. The SMILES string of the molecule is CC(=O)N1CCN(C)C(CCN2CCNCC2)C1. The summed E-state index contributed by atoms with van der Waals surface area (Å²) in [6.07, 6.45) is 1.17. The Balaban J connectivity index is 1.77. The molecule has 2 heterocycles. The standard InChI is InChI=1S/C13H26N4O/c1-12(18)17-10-9-15(2)13(11-17)3-6-16-7-4-14-5-8-16/h13-14H,3-11H2,1-2H3. The summed E-state index contributed by atoms with van der Waals surface area (Å²) in [5, 5.41) is 3.38. The summed E-state index contributed by atoms with van der Waals surface area (Å²) < 4.78 is 0. The summed E-state index contributed by atoms with van der Waals surface area (Å²) in [5.41, 5.74) is 0. The van der Waals surface area contributed by atoms with Gasteiger partial charge >= 0.3 is 0 Å². The number of hydrogen-bond acceptors (Lipinski definition) is 4. The highest BCUT2D eigenvalue weighted by molar-refractivity contribution is 5.73. The van der Waals surface area contributed by atoms with Gasteiger partial charge in [-0.3, -0.25) is 9.69 Å². The average molecular weight is 254 g/mol. The summed E-state index contributed by atoms with van der Waals surface area (Å²) in [7, 11) is 2.18. The van der Waals surface area contributed by atoms with E-state index in [4.69, 9.17) is 0 Å². The maximum absolute atomic E-state index is 11.4. The van der Waals surface area contributed by atoms with Crippen molar-refractivity contribution in [3.8, 4) is 0 Å². The molecule has 0 radical (unpaired) electrons. The predicted octanol–water partition coefficient (Wildman–Crippen LogP) is -0.556. The highest BCUT2D eigenvalue weighted by Gasteiger charge is 2.25. The van der Waals surface area contributed by atoms with Crippen molar-refractivity contribution in [3.63, 3.8) is 0 Å². The lowest BCUT2D eigenvalue weighted by Gasteiger charge is -2.40. The maximum Gasteiger partial charge on any atom is 0.219 e. The first-order valence-electron chi connectivity index (χ1n) is 7.05. The zero-order valence-corrected chi connectivity index (χ0v) is 11.7. The smallest absolute Gasteiger partial charge is 0.219 e. The third kappa shape index (κ3) is 3.67. The molecule has 2 aliphatic heterocycles. The molecule has 2 fully saturated rings. The summed E-state index contributed by atoms with van der Waals surface area (Å²) in [6, 6.07) is 0.525. The molecule has 5 heteroatoms. The van der Waals surface area contributed by atoms with Crippen molar-refractivity contribution in [1.29, 1.82) is 0 Å². The molecule has 0 aliphatic carbocycles. The largest absolute Gasteiger partial charge is 0.340 e. The number of carbonyl (C=O) groups excluding carboxylic acids is 1. The summed E-state index contributed by atoms with van der Waals surface area (Å²) in [5.74, 6) is 0.218. The van der Waals surface area contributed by atoms with Crippen LogP contribution in [0.2, 0.25) is 0 Å². The van der Waals surface area contributed by atoms with Crippen LogP contribution in [0.25, 0.3) is 0 Å². The van der Waals surface area contributed by atoms with Crippen molar-refractivity contribution in [2.45, 2.75) is 19.4 Å². The van der Waals surface area contributed by atoms with Crippen LogP contribution < -0.4 is 5.32 Å². The van der Waals surface area contributed by atoms with Gasteiger partial charge in [0.15, 0.2) is 0 Å². The van der Waals surface area contributed by atoms with Gasteiger partial charge in [-0.1, -0.05) is 0 Å². The first-order valence-corrected chi connectivity index (χ1v) is 7.05. The number of nitrogens with one attached hydrogen (secondary N) is 1. The monoisotopic (exact) mass is 254 g/mol. The minimum absolute atomic E-state index is 0.218. The molecule has 1 N–H and O–H groups in total. The molecule has 0 bridgehead atoms. The summed E-state index contributed by atoms with van der Waals surface area (Å²) >= 11 is 0. The van der Waals surface area contributed by atoms with Crippen LogP contribution in [0.4, 0.5) is 0 Å². The Morgan fingerprint density at radius 2 is 1.94 bits per heavy atom. The minimum atomic E-state index is 0.218. The second-order valence-electron chi connectivity index (χ2n) is 5.48. The first-order chi connectivity index (χ1) is 8.66. The van der Waals surface area contributed by atoms with Gasteiger partial charge in [0.25, 0.3) is 0 Å². The Bertz CT molecular complexity index is 278. The van der Waals surface area contributed by atoms with Crippen molar-refractivity contribution in [2.75, 3.05) is 59.4 Å². The van der Waals surface area contributed by atoms with Crippen LogP contribution in [-0.2, 0) is 4.79 Å². The lowest BCUT2D eigenvalue weighted by atomic mass is 10.1. The summed E-state index contributed by atoms with van der Waals surface area (Å²) in [6.45, 7) is 10.2. The van der Waals surface area contributed by atoms with Crippen LogP contribution in [-0.4, -0.2) is 86.1 Å². The Morgan fingerprint density at radius 3 is 2.61 bits per heavy atom. The van der Waals surface area contributed by atoms with Gasteiger partial charge in [-0.05, 0) is 20.0 Å². The van der Waals surface area contributed by atoms with Crippen LogP contribution in [0.15, 0.2) is 0 Å². The van der Waals surface area contributed by atoms with Crippen molar-refractivity contribution in [2.24, 2.45) is 0 Å². The molecule has 0 aromatic rings. The zero-order chi connectivity index (χ0) is 13.0. The van der Waals surface area contributed by atoms with E-state index in [1.54, 1.807) is 6.92 Å². The van der Waals surface area contributed by atoms with E-state index in [1.807, 2.05) is 4.90 Å². The molecule has 1 atom stereocenters. The topological polar surface area (TPSA) is 38.8 Å². The fourth-order valence-corrected chi connectivity index (χ4v) is 2.81. The molecule has 5 nitrogen and oxygen atoms in total. The highest BCUT2D eigenvalue weighted by Crippen LogP contribution is 2.12. The zero-order valence-electron chi connectivity index (χ0n) is 11.7. The fourth-order valence-electron chi connectivity index (χ4n) is 2.81. The molecule has 2 rings (SSSR count). The number of nitrogens with zero attached hydrogens (tertiary/aromatic N) is 3. The van der Waals surface area contributed by atoms with E-state index in [0.29, 0.717) is 6.04 Å². The Kier molecular flexibility index (Phi) is 4.97. The van der Waals surface area contributed by atoms with Crippen molar-refractivity contribution in [3.05, 3.63) is 0 Å². The number of rotatable bonds is 3. The Labute approximate surface area is 110 Å². The van der Waals surface area contributed by atoms with Crippen LogP contribution in [0.5, 0.6) is 0 Å². The van der Waals surface area contributed by atoms with E-state index < -0.39 is 0 Å². The number of likely N-dealkylation sites (N-methyl/N-ethyl adjacent to an activating group) is 1. The van der Waals surface area contributed by atoms with E-state index >= 15 is 0 Å². The number of amides is 1. The summed E-state index contributed by atoms with van der Waals surface area (Å²) in [4.78, 5) is 18.4. The molecule has 0 saturated carbocycles. The molecular formula is C13H26N4O. The van der Waals surface area contributed by atoms with Gasteiger partial charge in [-0.2, -0.15) is 0 Å². The van der Waals surface area contributed by atoms with Gasteiger partial charge in [-0.25, -0.2) is 0 Å². The molecule has 1 amide bonds. The third-order valence-corrected chi connectivity index (χ3v) is 4.21. The maximum atomic E-state index is 11.4. The molecule has 0 aromatic carbocycles. The van der Waals surface area contributed by atoms with Crippen molar-refractivity contribution in [1.82, 2.24) is 20.0 Å². The molecule has 104 valence electrons. The average Bonchev–Trinajstić information content (AvgIpc) is 2.38. The lowest BCUT2D eigenvalue weighted by Crippen LogP contribution is -2.54.